The Morgan fingerprint density at radius 3 is 2.86 bits per heavy atom. The van der Waals surface area contributed by atoms with E-state index in [4.69, 9.17) is 0 Å². The highest BCUT2D eigenvalue weighted by atomic mass is 32.1. The van der Waals surface area contributed by atoms with Crippen LogP contribution in [0.4, 0.5) is 0 Å². The maximum atomic E-state index is 4.62. The SMILES string of the molecule is Cc1nc2sccn2c1CNCC1CC2CCC(C1)N2C. The van der Waals surface area contributed by atoms with Crippen molar-refractivity contribution in [2.45, 2.75) is 51.2 Å². The molecule has 5 heteroatoms. The molecule has 2 aliphatic rings. The van der Waals surface area contributed by atoms with Crippen LogP contribution in [0, 0.1) is 12.8 Å². The van der Waals surface area contributed by atoms with Crippen LogP contribution in [0.3, 0.4) is 0 Å². The summed E-state index contributed by atoms with van der Waals surface area (Å²) < 4.78 is 2.23. The predicted molar refractivity (Wildman–Crippen MR) is 86.8 cm³/mol. The minimum absolute atomic E-state index is 0.843. The second-order valence-electron chi connectivity index (χ2n) is 6.72. The number of hydrogen-bond acceptors (Lipinski definition) is 4. The first-order valence-corrected chi connectivity index (χ1v) is 8.94. The van der Waals surface area contributed by atoms with Gasteiger partial charge in [0.05, 0.1) is 11.4 Å². The lowest BCUT2D eigenvalue weighted by Crippen LogP contribution is -2.42. The van der Waals surface area contributed by atoms with Crippen molar-refractivity contribution in [2.75, 3.05) is 13.6 Å². The molecule has 4 heterocycles. The summed E-state index contributed by atoms with van der Waals surface area (Å²) in [4.78, 5) is 8.35. The van der Waals surface area contributed by atoms with Gasteiger partial charge < -0.3 is 10.2 Å². The van der Waals surface area contributed by atoms with E-state index in [0.29, 0.717) is 0 Å². The topological polar surface area (TPSA) is 32.6 Å². The van der Waals surface area contributed by atoms with Crippen molar-refractivity contribution in [1.82, 2.24) is 19.6 Å². The fourth-order valence-corrected chi connectivity index (χ4v) is 5.02. The van der Waals surface area contributed by atoms with E-state index in [2.05, 4.69) is 45.1 Å². The molecule has 114 valence electrons. The molecule has 21 heavy (non-hydrogen) atoms. The Morgan fingerprint density at radius 1 is 1.33 bits per heavy atom. The van der Waals surface area contributed by atoms with Gasteiger partial charge in [0.1, 0.15) is 0 Å². The maximum Gasteiger partial charge on any atom is 0.194 e. The molecule has 0 spiro atoms. The molecule has 2 aliphatic heterocycles. The van der Waals surface area contributed by atoms with Crippen LogP contribution in [0.2, 0.25) is 0 Å². The average Bonchev–Trinajstić information content (AvgIpc) is 3.05. The van der Waals surface area contributed by atoms with E-state index in [1.165, 1.54) is 31.4 Å². The number of nitrogens with zero attached hydrogens (tertiary/aromatic N) is 3. The second-order valence-corrected chi connectivity index (χ2v) is 7.59. The molecule has 2 fully saturated rings. The van der Waals surface area contributed by atoms with Crippen molar-refractivity contribution in [3.8, 4) is 0 Å². The normalized spacial score (nSPS) is 29.5. The molecule has 0 aliphatic carbocycles. The second kappa shape index (κ2) is 5.38. The molecule has 2 unspecified atom stereocenters. The van der Waals surface area contributed by atoms with Gasteiger partial charge in [-0.15, -0.1) is 11.3 Å². The molecule has 2 saturated heterocycles. The summed E-state index contributed by atoms with van der Waals surface area (Å²) in [6.45, 7) is 4.20. The van der Waals surface area contributed by atoms with Crippen LogP contribution in [0.5, 0.6) is 0 Å². The van der Waals surface area contributed by atoms with Crippen molar-refractivity contribution < 1.29 is 0 Å². The van der Waals surface area contributed by atoms with E-state index in [9.17, 15) is 0 Å². The van der Waals surface area contributed by atoms with E-state index in [1.807, 2.05) is 0 Å². The molecule has 1 N–H and O–H groups in total. The Labute approximate surface area is 130 Å². The number of rotatable bonds is 4. The molecule has 4 rings (SSSR count). The van der Waals surface area contributed by atoms with Gasteiger partial charge in [-0.25, -0.2) is 4.98 Å². The molecular weight excluding hydrogens is 280 g/mol. The highest BCUT2D eigenvalue weighted by molar-refractivity contribution is 7.15. The zero-order valence-electron chi connectivity index (χ0n) is 12.9. The van der Waals surface area contributed by atoms with Crippen LogP contribution in [-0.2, 0) is 6.54 Å². The number of thiazole rings is 1. The molecule has 2 aromatic heterocycles. The Morgan fingerprint density at radius 2 is 2.10 bits per heavy atom. The third-order valence-electron chi connectivity index (χ3n) is 5.48. The van der Waals surface area contributed by atoms with Gasteiger partial charge in [-0.1, -0.05) is 0 Å². The number of piperidine rings is 1. The highest BCUT2D eigenvalue weighted by Gasteiger charge is 2.37. The van der Waals surface area contributed by atoms with Crippen molar-refractivity contribution in [3.63, 3.8) is 0 Å². The standard InChI is InChI=1S/C16H24N4S/c1-11-15(20-5-6-21-16(20)18-11)10-17-9-12-7-13-3-4-14(8-12)19(13)2/h5-6,12-14,17H,3-4,7-10H2,1-2H3. The Bertz CT molecular complexity index is 617. The summed E-state index contributed by atoms with van der Waals surface area (Å²) in [6, 6.07) is 1.69. The quantitative estimate of drug-likeness (QED) is 0.942. The number of aromatic nitrogens is 2. The number of hydrogen-bond donors (Lipinski definition) is 1. The van der Waals surface area contributed by atoms with Crippen molar-refractivity contribution >= 4 is 16.3 Å². The van der Waals surface area contributed by atoms with Gasteiger partial charge in [0, 0.05) is 30.2 Å². The molecule has 0 radical (unpaired) electrons. The van der Waals surface area contributed by atoms with E-state index < -0.39 is 0 Å². The summed E-state index contributed by atoms with van der Waals surface area (Å²) in [5.41, 5.74) is 2.49. The minimum atomic E-state index is 0.843. The summed E-state index contributed by atoms with van der Waals surface area (Å²) in [5, 5.41) is 5.80. The Hall–Kier alpha value is -0.910. The van der Waals surface area contributed by atoms with Crippen LogP contribution < -0.4 is 5.32 Å². The molecule has 0 aromatic carbocycles. The third kappa shape index (κ3) is 2.41. The molecule has 4 nitrogen and oxygen atoms in total. The first kappa shape index (κ1) is 13.7. The van der Waals surface area contributed by atoms with Gasteiger partial charge in [-0.05, 0) is 52.1 Å². The number of nitrogens with one attached hydrogen (secondary N) is 1. The van der Waals surface area contributed by atoms with Crippen LogP contribution in [-0.4, -0.2) is 40.0 Å². The molecule has 2 atom stereocenters. The lowest BCUT2D eigenvalue weighted by molar-refractivity contribution is 0.132. The molecule has 0 saturated carbocycles. The van der Waals surface area contributed by atoms with Gasteiger partial charge in [-0.3, -0.25) is 4.40 Å². The smallest absolute Gasteiger partial charge is 0.194 e. The lowest BCUT2D eigenvalue weighted by Gasteiger charge is -2.36. The molecular formula is C16H24N4S. The first-order chi connectivity index (χ1) is 10.2. The number of aryl methyl sites for hydroxylation is 1. The molecule has 0 amide bonds. The van der Waals surface area contributed by atoms with Crippen molar-refractivity contribution in [1.29, 1.82) is 0 Å². The lowest BCUT2D eigenvalue weighted by atomic mass is 9.91. The summed E-state index contributed by atoms with van der Waals surface area (Å²) in [6.07, 6.45) is 7.70. The van der Waals surface area contributed by atoms with Crippen LogP contribution >= 0.6 is 11.3 Å². The molecule has 2 aromatic rings. The van der Waals surface area contributed by atoms with Gasteiger partial charge in [-0.2, -0.15) is 0 Å². The van der Waals surface area contributed by atoms with Crippen molar-refractivity contribution in [3.05, 3.63) is 23.0 Å². The third-order valence-corrected chi connectivity index (χ3v) is 6.24. The van der Waals surface area contributed by atoms with Gasteiger partial charge in [0.2, 0.25) is 0 Å². The first-order valence-electron chi connectivity index (χ1n) is 8.06. The fraction of sp³-hybridized carbons (Fsp3) is 0.688. The number of fused-ring (bicyclic) bond motifs is 3. The van der Waals surface area contributed by atoms with Gasteiger partial charge in [0.25, 0.3) is 0 Å². The fourth-order valence-electron chi connectivity index (χ4n) is 4.24. The Balaban J connectivity index is 1.36. The largest absolute Gasteiger partial charge is 0.311 e. The summed E-state index contributed by atoms with van der Waals surface area (Å²) in [5.74, 6) is 0.852. The van der Waals surface area contributed by atoms with Crippen molar-refractivity contribution in [2.24, 2.45) is 5.92 Å². The Kier molecular flexibility index (Phi) is 3.52. The van der Waals surface area contributed by atoms with E-state index in [0.717, 1.165) is 41.7 Å². The highest BCUT2D eigenvalue weighted by Crippen LogP contribution is 2.37. The van der Waals surface area contributed by atoms with E-state index >= 15 is 0 Å². The van der Waals surface area contributed by atoms with Gasteiger partial charge in [0.15, 0.2) is 4.96 Å². The van der Waals surface area contributed by atoms with E-state index in [-0.39, 0.29) is 0 Å². The molecule has 2 bridgehead atoms. The predicted octanol–water partition coefficient (Wildman–Crippen LogP) is 2.67. The van der Waals surface area contributed by atoms with Crippen LogP contribution in [0.25, 0.3) is 4.96 Å². The van der Waals surface area contributed by atoms with Crippen LogP contribution in [0.15, 0.2) is 11.6 Å². The zero-order valence-corrected chi connectivity index (χ0v) is 13.7. The van der Waals surface area contributed by atoms with Crippen LogP contribution in [0.1, 0.15) is 37.1 Å². The van der Waals surface area contributed by atoms with E-state index in [1.54, 1.807) is 11.3 Å². The van der Waals surface area contributed by atoms with Gasteiger partial charge >= 0.3 is 0 Å². The minimum Gasteiger partial charge on any atom is -0.311 e. The summed E-state index contributed by atoms with van der Waals surface area (Å²) in [7, 11) is 2.31. The summed E-state index contributed by atoms with van der Waals surface area (Å²) >= 11 is 1.71. The number of imidazole rings is 1. The average molecular weight is 304 g/mol. The monoisotopic (exact) mass is 304 g/mol. The zero-order chi connectivity index (χ0) is 14.4. The maximum absolute atomic E-state index is 4.62.